The van der Waals surface area contributed by atoms with Crippen molar-refractivity contribution in [2.45, 2.75) is 48.0 Å². The monoisotopic (exact) mass is 649 g/mol. The van der Waals surface area contributed by atoms with Gasteiger partial charge in [-0.1, -0.05) is 37.3 Å². The number of hydrogen-bond acceptors (Lipinski definition) is 9. The average molecular weight is 650 g/mol. The molecule has 0 saturated heterocycles. The van der Waals surface area contributed by atoms with Crippen LogP contribution in [-0.2, 0) is 34.4 Å². The van der Waals surface area contributed by atoms with E-state index in [4.69, 9.17) is 10.00 Å². The Bertz CT molecular complexity index is 1900. The predicted octanol–water partition coefficient (Wildman–Crippen LogP) is 4.16. The zero-order valence-electron chi connectivity index (χ0n) is 24.2. The lowest BCUT2D eigenvalue weighted by molar-refractivity contribution is -0.158. The first-order chi connectivity index (χ1) is 21.4. The van der Waals surface area contributed by atoms with Gasteiger partial charge in [0.15, 0.2) is 11.9 Å². The summed E-state index contributed by atoms with van der Waals surface area (Å²) in [7, 11) is -7.90. The number of carbonyl (C=O) groups excluding carboxylic acids is 2. The van der Waals surface area contributed by atoms with Gasteiger partial charge >= 0.3 is 5.97 Å². The van der Waals surface area contributed by atoms with E-state index in [0.29, 0.717) is 24.0 Å². The van der Waals surface area contributed by atoms with Crippen LogP contribution in [0.5, 0.6) is 0 Å². The van der Waals surface area contributed by atoms with Crippen molar-refractivity contribution in [2.75, 3.05) is 11.3 Å². The third-order valence-corrected chi connectivity index (χ3v) is 10.8. The van der Waals surface area contributed by atoms with Crippen molar-refractivity contribution < 1.29 is 36.3 Å². The fourth-order valence-electron chi connectivity index (χ4n) is 5.37. The number of benzene rings is 3. The maximum atomic E-state index is 13.4. The molecule has 1 fully saturated rings. The lowest BCUT2D eigenvalue weighted by Gasteiger charge is -2.31. The number of aliphatic hydroxyl groups excluding tert-OH is 1. The number of cyclic esters (lactones) is 1. The first kappa shape index (κ1) is 31.9. The predicted molar refractivity (Wildman–Crippen MR) is 164 cm³/mol. The molecule has 3 unspecified atom stereocenters. The number of ketones is 1. The smallest absolute Gasteiger partial charge is 0.339 e. The van der Waals surface area contributed by atoms with Crippen LogP contribution < -0.4 is 9.44 Å². The fourth-order valence-corrected chi connectivity index (χ4v) is 7.53. The summed E-state index contributed by atoms with van der Waals surface area (Å²) in [6.45, 7) is 1.52. The molecule has 0 aromatic heterocycles. The Morgan fingerprint density at radius 2 is 1.60 bits per heavy atom. The van der Waals surface area contributed by atoms with Gasteiger partial charge in [0.05, 0.1) is 27.0 Å². The van der Waals surface area contributed by atoms with Gasteiger partial charge in [0.25, 0.3) is 10.0 Å². The number of sulfonamides is 2. The van der Waals surface area contributed by atoms with Crippen LogP contribution in [0.4, 0.5) is 5.69 Å². The summed E-state index contributed by atoms with van der Waals surface area (Å²) in [6, 6.07) is 21.4. The molecule has 13 heteroatoms. The summed E-state index contributed by atoms with van der Waals surface area (Å²) >= 11 is 0. The summed E-state index contributed by atoms with van der Waals surface area (Å²) < 4.78 is 62.0. The summed E-state index contributed by atoms with van der Waals surface area (Å²) in [6.07, 6.45) is 0.311. The lowest BCUT2D eigenvalue weighted by Crippen LogP contribution is -2.45. The zero-order chi connectivity index (χ0) is 32.4. The van der Waals surface area contributed by atoms with E-state index in [1.807, 2.05) is 6.07 Å². The number of aliphatic hydroxyl groups is 1. The van der Waals surface area contributed by atoms with Crippen molar-refractivity contribution in [3.63, 3.8) is 0 Å². The number of Topliss-reactive ketones (excluding diaryl/α,β-unsaturated/α-hetero) is 1. The van der Waals surface area contributed by atoms with Crippen LogP contribution in [-0.4, -0.2) is 46.3 Å². The molecule has 0 spiro atoms. The number of ether oxygens (including phenoxy) is 1. The highest BCUT2D eigenvalue weighted by Crippen LogP contribution is 2.49. The van der Waals surface area contributed by atoms with Gasteiger partial charge in [0.1, 0.15) is 0 Å². The van der Waals surface area contributed by atoms with Gasteiger partial charge in [-0.3, -0.25) is 9.52 Å². The summed E-state index contributed by atoms with van der Waals surface area (Å²) in [5.74, 6) is -4.02. The quantitative estimate of drug-likeness (QED) is 0.243. The van der Waals surface area contributed by atoms with Crippen molar-refractivity contribution in [2.24, 2.45) is 11.8 Å². The molecule has 2 aliphatic rings. The molecule has 1 aliphatic heterocycles. The molecule has 0 radical (unpaired) electrons. The molecule has 3 atom stereocenters. The summed E-state index contributed by atoms with van der Waals surface area (Å²) in [4.78, 5) is 26.9. The van der Waals surface area contributed by atoms with E-state index in [9.17, 15) is 31.5 Å². The van der Waals surface area contributed by atoms with Crippen molar-refractivity contribution >= 4 is 37.5 Å². The van der Waals surface area contributed by atoms with Crippen LogP contribution in [0.3, 0.4) is 0 Å². The van der Waals surface area contributed by atoms with E-state index in [0.717, 1.165) is 0 Å². The Morgan fingerprint density at radius 1 is 0.933 bits per heavy atom. The highest BCUT2D eigenvalue weighted by molar-refractivity contribution is 7.92. The molecule has 3 aromatic rings. The van der Waals surface area contributed by atoms with Gasteiger partial charge < -0.3 is 9.84 Å². The number of esters is 1. The molecule has 3 aromatic carbocycles. The molecule has 0 bridgehead atoms. The van der Waals surface area contributed by atoms with Crippen LogP contribution in [0, 0.1) is 23.2 Å². The van der Waals surface area contributed by atoms with Crippen molar-refractivity contribution in [1.29, 1.82) is 5.26 Å². The molecule has 0 amide bonds. The van der Waals surface area contributed by atoms with Crippen LogP contribution in [0.2, 0.25) is 0 Å². The van der Waals surface area contributed by atoms with Gasteiger partial charge in [-0.15, -0.1) is 0 Å². The summed E-state index contributed by atoms with van der Waals surface area (Å²) in [5.41, 5.74) is 0.814. The van der Waals surface area contributed by atoms with Crippen molar-refractivity contribution in [1.82, 2.24) is 4.72 Å². The minimum Gasteiger partial charge on any atom is -0.504 e. The van der Waals surface area contributed by atoms with E-state index >= 15 is 0 Å². The van der Waals surface area contributed by atoms with Crippen LogP contribution in [0.25, 0.3) is 0 Å². The topological polar surface area (TPSA) is 180 Å². The van der Waals surface area contributed by atoms with Gasteiger partial charge in [-0.2, -0.15) is 5.26 Å². The highest BCUT2D eigenvalue weighted by Gasteiger charge is 2.47. The molecule has 3 N–H and O–H groups in total. The molecule has 5 rings (SSSR count). The zero-order valence-corrected chi connectivity index (χ0v) is 25.8. The largest absolute Gasteiger partial charge is 0.504 e. The Kier molecular flexibility index (Phi) is 9.11. The number of anilines is 1. The van der Waals surface area contributed by atoms with E-state index in [1.54, 1.807) is 43.3 Å². The second kappa shape index (κ2) is 12.8. The normalized spacial score (nSPS) is 18.5. The Hall–Kier alpha value is -4.51. The second-order valence-corrected chi connectivity index (χ2v) is 14.4. The first-order valence-corrected chi connectivity index (χ1v) is 17.3. The van der Waals surface area contributed by atoms with E-state index in [1.165, 1.54) is 42.5 Å². The number of hydrogen-bond donors (Lipinski definition) is 3. The maximum absolute atomic E-state index is 13.4. The number of nitriles is 1. The first-order valence-electron chi connectivity index (χ1n) is 14.3. The van der Waals surface area contributed by atoms with Gasteiger partial charge in [-0.25, -0.2) is 26.4 Å². The lowest BCUT2D eigenvalue weighted by atomic mass is 9.82. The Balaban J connectivity index is 1.38. The van der Waals surface area contributed by atoms with Gasteiger partial charge in [0, 0.05) is 24.1 Å². The number of carbonyl (C=O) groups is 2. The highest BCUT2D eigenvalue weighted by atomic mass is 32.2. The molecule has 11 nitrogen and oxygen atoms in total. The van der Waals surface area contributed by atoms with E-state index < -0.39 is 55.5 Å². The maximum Gasteiger partial charge on any atom is 0.339 e. The van der Waals surface area contributed by atoms with Crippen LogP contribution in [0.15, 0.2) is 100.0 Å². The molecular weight excluding hydrogens is 618 g/mol. The molecule has 1 aliphatic carbocycles. The van der Waals surface area contributed by atoms with Crippen molar-refractivity contribution in [3.8, 4) is 6.07 Å². The molecule has 1 saturated carbocycles. The molecule has 1 heterocycles. The van der Waals surface area contributed by atoms with E-state index in [-0.39, 0.29) is 39.9 Å². The SMILES string of the molecule is CCC(CNS(=O)(=O)c1ccccc1)C1OC(=O)C(C(c2cccc(NS(=O)(=O)c3ccc(C#N)cc3)c2)C2CC2)=C(O)C1=O. The third-order valence-electron chi connectivity index (χ3n) is 7.94. The minimum atomic E-state index is -4.01. The van der Waals surface area contributed by atoms with E-state index in [2.05, 4.69) is 9.44 Å². The standard InChI is InChI=1S/C32H31N3O8S2/c1-2-21(19-34-44(39,40)25-9-4-3-5-10-25)31-30(37)29(36)28(32(38)43-31)27(22-13-14-22)23-7-6-8-24(17-23)35-45(41,42)26-15-11-20(18-33)12-16-26/h3-12,15-17,21-22,27,31,34-36H,2,13-14,19H2,1H3. The molecular formula is C32H31N3O8S2. The average Bonchev–Trinajstić information content (AvgIpc) is 3.87. The Labute approximate surface area is 261 Å². The van der Waals surface area contributed by atoms with Crippen LogP contribution in [0.1, 0.15) is 43.2 Å². The van der Waals surface area contributed by atoms with Gasteiger partial charge in [0.2, 0.25) is 15.8 Å². The number of rotatable bonds is 12. The van der Waals surface area contributed by atoms with Crippen molar-refractivity contribution in [3.05, 3.63) is 101 Å². The number of nitrogens with one attached hydrogen (secondary N) is 2. The van der Waals surface area contributed by atoms with Crippen LogP contribution >= 0.6 is 0 Å². The minimum absolute atomic E-state index is 0.0463. The molecule has 45 heavy (non-hydrogen) atoms. The Morgan fingerprint density at radius 3 is 2.22 bits per heavy atom. The third kappa shape index (κ3) is 6.93. The second-order valence-electron chi connectivity index (χ2n) is 11.0. The summed E-state index contributed by atoms with van der Waals surface area (Å²) in [5, 5.41) is 20.1. The fraction of sp³-hybridized carbons (Fsp3) is 0.281. The molecule has 234 valence electrons. The number of nitrogens with zero attached hydrogens (tertiary/aromatic N) is 1. The van der Waals surface area contributed by atoms with Gasteiger partial charge in [-0.05, 0) is 79.3 Å².